The maximum absolute atomic E-state index is 13.0. The molecule has 154 valence electrons. The van der Waals surface area contributed by atoms with Gasteiger partial charge < -0.3 is 19.4 Å². The van der Waals surface area contributed by atoms with Crippen molar-refractivity contribution in [3.05, 3.63) is 60.7 Å². The number of para-hydroxylation sites is 1. The van der Waals surface area contributed by atoms with E-state index in [1.54, 1.807) is 12.4 Å². The van der Waals surface area contributed by atoms with Crippen LogP contribution in [0.15, 0.2) is 59.3 Å². The second kappa shape index (κ2) is 7.87. The molecule has 2 fully saturated rings. The van der Waals surface area contributed by atoms with Gasteiger partial charge in [-0.2, -0.15) is 0 Å². The van der Waals surface area contributed by atoms with Crippen molar-refractivity contribution in [1.82, 2.24) is 20.1 Å². The van der Waals surface area contributed by atoms with Crippen LogP contribution < -0.4 is 5.32 Å². The number of carbonyl (C=O) groups excluding carboxylic acids is 1. The van der Waals surface area contributed by atoms with Gasteiger partial charge in [0.2, 0.25) is 11.8 Å². The SMILES string of the molecule is O=C(Nc1ccccc1)N1CC(c2nnc(-c3ccncc3)o2)C2(CCOCC2)C1. The molecule has 0 bridgehead atoms. The van der Waals surface area contributed by atoms with Crippen molar-refractivity contribution in [3.8, 4) is 11.5 Å². The molecule has 1 unspecified atom stereocenters. The normalized spacial score (nSPS) is 20.4. The van der Waals surface area contributed by atoms with E-state index in [2.05, 4.69) is 20.5 Å². The summed E-state index contributed by atoms with van der Waals surface area (Å²) in [7, 11) is 0. The van der Waals surface area contributed by atoms with E-state index in [1.165, 1.54) is 0 Å². The number of benzene rings is 1. The van der Waals surface area contributed by atoms with Gasteiger partial charge in [0.25, 0.3) is 0 Å². The summed E-state index contributed by atoms with van der Waals surface area (Å²) >= 11 is 0. The van der Waals surface area contributed by atoms with Crippen molar-refractivity contribution < 1.29 is 13.9 Å². The molecule has 2 aliphatic rings. The van der Waals surface area contributed by atoms with Gasteiger partial charge in [-0.05, 0) is 37.1 Å². The van der Waals surface area contributed by atoms with E-state index >= 15 is 0 Å². The monoisotopic (exact) mass is 405 g/mol. The number of nitrogens with one attached hydrogen (secondary N) is 1. The third kappa shape index (κ3) is 3.54. The van der Waals surface area contributed by atoms with E-state index in [1.807, 2.05) is 47.4 Å². The Hall–Kier alpha value is -3.26. The number of hydrogen-bond donors (Lipinski definition) is 1. The van der Waals surface area contributed by atoms with Gasteiger partial charge in [0.05, 0.1) is 5.92 Å². The van der Waals surface area contributed by atoms with Crippen LogP contribution in [-0.2, 0) is 4.74 Å². The Labute approximate surface area is 174 Å². The van der Waals surface area contributed by atoms with Crippen LogP contribution in [0.3, 0.4) is 0 Å². The molecule has 8 nitrogen and oxygen atoms in total. The molecular weight excluding hydrogens is 382 g/mol. The molecule has 1 spiro atoms. The minimum Gasteiger partial charge on any atom is -0.420 e. The maximum Gasteiger partial charge on any atom is 0.321 e. The molecule has 2 amide bonds. The quantitative estimate of drug-likeness (QED) is 0.716. The van der Waals surface area contributed by atoms with Crippen LogP contribution >= 0.6 is 0 Å². The van der Waals surface area contributed by atoms with E-state index in [0.717, 1.165) is 24.1 Å². The van der Waals surface area contributed by atoms with E-state index in [0.29, 0.717) is 38.1 Å². The van der Waals surface area contributed by atoms with Gasteiger partial charge in [0.1, 0.15) is 0 Å². The number of rotatable bonds is 3. The van der Waals surface area contributed by atoms with E-state index in [4.69, 9.17) is 9.15 Å². The Morgan fingerprint density at radius 1 is 1.07 bits per heavy atom. The second-order valence-electron chi connectivity index (χ2n) is 7.89. The Bertz CT molecular complexity index is 1000. The minimum atomic E-state index is -0.117. The summed E-state index contributed by atoms with van der Waals surface area (Å²) in [5, 5.41) is 11.6. The molecule has 30 heavy (non-hydrogen) atoms. The zero-order valence-electron chi connectivity index (χ0n) is 16.5. The minimum absolute atomic E-state index is 0.0222. The Balaban J connectivity index is 1.40. The number of urea groups is 1. The van der Waals surface area contributed by atoms with Crippen LogP contribution in [0.1, 0.15) is 24.7 Å². The number of anilines is 1. The average Bonchev–Trinajstić information content (AvgIpc) is 3.41. The molecule has 2 aliphatic heterocycles. The highest BCUT2D eigenvalue weighted by Crippen LogP contribution is 2.49. The van der Waals surface area contributed by atoms with Crippen LogP contribution in [0.5, 0.6) is 0 Å². The predicted molar refractivity (Wildman–Crippen MR) is 110 cm³/mol. The lowest BCUT2D eigenvalue weighted by molar-refractivity contribution is 0.0104. The van der Waals surface area contributed by atoms with E-state index in [-0.39, 0.29) is 17.4 Å². The molecule has 0 saturated carbocycles. The fourth-order valence-electron chi connectivity index (χ4n) is 4.46. The first-order chi connectivity index (χ1) is 14.7. The highest BCUT2D eigenvalue weighted by Gasteiger charge is 2.51. The molecule has 3 aromatic rings. The number of hydrogen-bond acceptors (Lipinski definition) is 6. The lowest BCUT2D eigenvalue weighted by atomic mass is 9.72. The van der Waals surface area contributed by atoms with Crippen LogP contribution in [-0.4, -0.2) is 52.4 Å². The maximum atomic E-state index is 13.0. The largest absolute Gasteiger partial charge is 0.420 e. The lowest BCUT2D eigenvalue weighted by Gasteiger charge is -2.36. The number of likely N-dealkylation sites (tertiary alicyclic amines) is 1. The first-order valence-corrected chi connectivity index (χ1v) is 10.2. The summed E-state index contributed by atoms with van der Waals surface area (Å²) in [5.74, 6) is 1.03. The zero-order chi connectivity index (χ0) is 20.4. The van der Waals surface area contributed by atoms with Gasteiger partial charge >= 0.3 is 6.03 Å². The molecule has 8 heteroatoms. The van der Waals surface area contributed by atoms with Crippen molar-refractivity contribution in [3.63, 3.8) is 0 Å². The molecule has 0 aliphatic carbocycles. The molecule has 4 heterocycles. The molecular formula is C22H23N5O3. The van der Waals surface area contributed by atoms with E-state index in [9.17, 15) is 4.79 Å². The van der Waals surface area contributed by atoms with Crippen molar-refractivity contribution in [2.24, 2.45) is 5.41 Å². The fourth-order valence-corrected chi connectivity index (χ4v) is 4.46. The van der Waals surface area contributed by atoms with Crippen molar-refractivity contribution in [1.29, 1.82) is 0 Å². The Morgan fingerprint density at radius 2 is 1.83 bits per heavy atom. The van der Waals surface area contributed by atoms with Crippen LogP contribution in [0.4, 0.5) is 10.5 Å². The predicted octanol–water partition coefficient (Wildman–Crippen LogP) is 3.56. The van der Waals surface area contributed by atoms with Crippen LogP contribution in [0.2, 0.25) is 0 Å². The van der Waals surface area contributed by atoms with Crippen LogP contribution in [0.25, 0.3) is 11.5 Å². The third-order valence-electron chi connectivity index (χ3n) is 6.11. The summed E-state index contributed by atoms with van der Waals surface area (Å²) in [4.78, 5) is 18.8. The molecule has 0 radical (unpaired) electrons. The summed E-state index contributed by atoms with van der Waals surface area (Å²) in [6, 6.07) is 13.1. The summed E-state index contributed by atoms with van der Waals surface area (Å²) < 4.78 is 11.7. The number of carbonyl (C=O) groups is 1. The molecule has 1 aromatic carbocycles. The smallest absolute Gasteiger partial charge is 0.321 e. The Kier molecular flexibility index (Phi) is 4.92. The summed E-state index contributed by atoms with van der Waals surface area (Å²) in [5.41, 5.74) is 1.50. The lowest BCUT2D eigenvalue weighted by Crippen LogP contribution is -2.38. The second-order valence-corrected chi connectivity index (χ2v) is 7.89. The van der Waals surface area contributed by atoms with Crippen molar-refractivity contribution >= 4 is 11.7 Å². The standard InChI is InChI=1S/C22H23N5O3/c28-21(24-17-4-2-1-3-5-17)27-14-18(22(15-27)8-12-29-13-9-22)20-26-25-19(30-20)16-6-10-23-11-7-16/h1-7,10-11,18H,8-9,12-15H2,(H,24,28). The van der Waals surface area contributed by atoms with Gasteiger partial charge in [-0.1, -0.05) is 18.2 Å². The van der Waals surface area contributed by atoms with Gasteiger partial charge in [0, 0.05) is 55.4 Å². The van der Waals surface area contributed by atoms with Gasteiger partial charge in [0.15, 0.2) is 0 Å². The number of amides is 2. The first kappa shape index (κ1) is 18.7. The molecule has 1 atom stereocenters. The highest BCUT2D eigenvalue weighted by molar-refractivity contribution is 5.89. The number of pyridine rings is 1. The summed E-state index contributed by atoms with van der Waals surface area (Å²) in [6.45, 7) is 2.54. The van der Waals surface area contributed by atoms with Gasteiger partial charge in [-0.15, -0.1) is 10.2 Å². The Morgan fingerprint density at radius 3 is 2.60 bits per heavy atom. The molecule has 1 N–H and O–H groups in total. The highest BCUT2D eigenvalue weighted by atomic mass is 16.5. The van der Waals surface area contributed by atoms with E-state index < -0.39 is 0 Å². The third-order valence-corrected chi connectivity index (χ3v) is 6.11. The topological polar surface area (TPSA) is 93.4 Å². The average molecular weight is 405 g/mol. The molecule has 2 saturated heterocycles. The number of nitrogens with zero attached hydrogens (tertiary/aromatic N) is 4. The van der Waals surface area contributed by atoms with Gasteiger partial charge in [-0.3, -0.25) is 4.98 Å². The van der Waals surface area contributed by atoms with Crippen LogP contribution in [0, 0.1) is 5.41 Å². The van der Waals surface area contributed by atoms with Crippen molar-refractivity contribution in [2.75, 3.05) is 31.6 Å². The zero-order valence-corrected chi connectivity index (χ0v) is 16.5. The number of ether oxygens (including phenoxy) is 1. The fraction of sp³-hybridized carbons (Fsp3) is 0.364. The number of aromatic nitrogens is 3. The molecule has 2 aromatic heterocycles. The first-order valence-electron chi connectivity index (χ1n) is 10.2. The molecule has 5 rings (SSSR count). The van der Waals surface area contributed by atoms with Gasteiger partial charge in [-0.25, -0.2) is 4.79 Å². The van der Waals surface area contributed by atoms with Crippen molar-refractivity contribution in [2.45, 2.75) is 18.8 Å². The summed E-state index contributed by atoms with van der Waals surface area (Å²) in [6.07, 6.45) is 5.12.